The summed E-state index contributed by atoms with van der Waals surface area (Å²) in [5.41, 5.74) is 2.50. The van der Waals surface area contributed by atoms with Gasteiger partial charge in [0.2, 0.25) is 0 Å². The van der Waals surface area contributed by atoms with Gasteiger partial charge in [-0.05, 0) is 42.0 Å². The monoisotopic (exact) mass is 284 g/mol. The molecule has 0 aliphatic carbocycles. The van der Waals surface area contributed by atoms with Gasteiger partial charge in [0.25, 0.3) is 0 Å². The van der Waals surface area contributed by atoms with Gasteiger partial charge in [0.1, 0.15) is 11.6 Å². The lowest BCUT2D eigenvalue weighted by atomic mass is 10.1. The highest BCUT2D eigenvalue weighted by Crippen LogP contribution is 2.21. The Labute approximate surface area is 120 Å². The molecule has 0 atom stereocenters. The molecule has 3 aromatic rings. The van der Waals surface area contributed by atoms with Gasteiger partial charge >= 0.3 is 0 Å². The Hall–Kier alpha value is -2.82. The quantitative estimate of drug-likeness (QED) is 0.765. The highest BCUT2D eigenvalue weighted by atomic mass is 19.1. The first-order valence-electron chi connectivity index (χ1n) is 6.42. The molecule has 1 heterocycles. The third-order valence-corrected chi connectivity index (χ3v) is 3.04. The largest absolute Gasteiger partial charge is 0.508 e. The number of halogens is 1. The van der Waals surface area contributed by atoms with Crippen LogP contribution < -0.4 is 5.32 Å². The number of oxazole rings is 1. The number of benzene rings is 2. The van der Waals surface area contributed by atoms with Crippen LogP contribution in [0.25, 0.3) is 11.3 Å². The van der Waals surface area contributed by atoms with Crippen molar-refractivity contribution in [1.29, 1.82) is 0 Å². The van der Waals surface area contributed by atoms with Gasteiger partial charge in [-0.1, -0.05) is 0 Å². The van der Waals surface area contributed by atoms with Gasteiger partial charge < -0.3 is 14.8 Å². The second-order valence-electron chi connectivity index (χ2n) is 4.61. The first-order valence-corrected chi connectivity index (χ1v) is 6.42. The Morgan fingerprint density at radius 2 is 1.95 bits per heavy atom. The van der Waals surface area contributed by atoms with E-state index in [1.54, 1.807) is 6.20 Å². The number of nitrogens with zero attached hydrogens (tertiary/aromatic N) is 1. The van der Waals surface area contributed by atoms with Crippen molar-refractivity contribution in [1.82, 2.24) is 4.98 Å². The minimum Gasteiger partial charge on any atom is -0.508 e. The van der Waals surface area contributed by atoms with Crippen LogP contribution in [0.15, 0.2) is 59.5 Å². The van der Waals surface area contributed by atoms with E-state index in [-0.39, 0.29) is 5.75 Å². The zero-order valence-corrected chi connectivity index (χ0v) is 11.1. The second kappa shape index (κ2) is 5.66. The van der Waals surface area contributed by atoms with Crippen molar-refractivity contribution in [3.05, 3.63) is 66.4 Å². The summed E-state index contributed by atoms with van der Waals surface area (Å²) in [7, 11) is 0. The molecule has 0 bridgehead atoms. The SMILES string of the molecule is Oc1cc(F)cc(CNc2ccc(-c3cnco3)cc2)c1. The average Bonchev–Trinajstić information content (AvgIpc) is 2.99. The summed E-state index contributed by atoms with van der Waals surface area (Å²) in [5, 5.41) is 12.5. The summed E-state index contributed by atoms with van der Waals surface area (Å²) in [6.07, 6.45) is 3.04. The van der Waals surface area contributed by atoms with Gasteiger partial charge in [-0.3, -0.25) is 0 Å². The van der Waals surface area contributed by atoms with Crippen LogP contribution >= 0.6 is 0 Å². The smallest absolute Gasteiger partial charge is 0.181 e. The summed E-state index contributed by atoms with van der Waals surface area (Å²) < 4.78 is 18.4. The molecule has 0 saturated carbocycles. The molecule has 2 N–H and O–H groups in total. The molecule has 106 valence electrons. The molecule has 0 unspecified atom stereocenters. The Bertz CT molecular complexity index is 704. The summed E-state index contributed by atoms with van der Waals surface area (Å²) in [4.78, 5) is 3.87. The van der Waals surface area contributed by atoms with Gasteiger partial charge in [0.05, 0.1) is 6.20 Å². The molecule has 0 saturated heterocycles. The van der Waals surface area contributed by atoms with Crippen molar-refractivity contribution < 1.29 is 13.9 Å². The summed E-state index contributed by atoms with van der Waals surface area (Å²) in [6.45, 7) is 0.424. The molecular formula is C16H13FN2O2. The van der Waals surface area contributed by atoms with Crippen LogP contribution in [0.5, 0.6) is 5.75 Å². The van der Waals surface area contributed by atoms with E-state index in [2.05, 4.69) is 10.3 Å². The van der Waals surface area contributed by atoms with E-state index < -0.39 is 5.82 Å². The van der Waals surface area contributed by atoms with Gasteiger partial charge in [0.15, 0.2) is 12.2 Å². The van der Waals surface area contributed by atoms with E-state index in [0.717, 1.165) is 17.3 Å². The first-order chi connectivity index (χ1) is 10.2. The molecule has 4 nitrogen and oxygen atoms in total. The molecule has 2 aromatic carbocycles. The zero-order valence-electron chi connectivity index (χ0n) is 11.1. The van der Waals surface area contributed by atoms with Crippen molar-refractivity contribution >= 4 is 5.69 Å². The number of nitrogens with one attached hydrogen (secondary N) is 1. The second-order valence-corrected chi connectivity index (χ2v) is 4.61. The number of anilines is 1. The Morgan fingerprint density at radius 3 is 2.62 bits per heavy atom. The maximum Gasteiger partial charge on any atom is 0.181 e. The molecule has 0 fully saturated rings. The third-order valence-electron chi connectivity index (χ3n) is 3.04. The molecule has 3 rings (SSSR count). The lowest BCUT2D eigenvalue weighted by Gasteiger charge is -2.08. The van der Waals surface area contributed by atoms with Crippen LogP contribution in [0.2, 0.25) is 0 Å². The van der Waals surface area contributed by atoms with Gasteiger partial charge in [0, 0.05) is 23.9 Å². The molecular weight excluding hydrogens is 271 g/mol. The number of rotatable bonds is 4. The van der Waals surface area contributed by atoms with Crippen molar-refractivity contribution in [2.45, 2.75) is 6.54 Å². The first kappa shape index (κ1) is 13.2. The molecule has 21 heavy (non-hydrogen) atoms. The maximum absolute atomic E-state index is 13.2. The Kier molecular flexibility index (Phi) is 3.55. The molecule has 0 aliphatic rings. The fourth-order valence-electron chi connectivity index (χ4n) is 2.05. The number of phenols is 1. The molecule has 0 spiro atoms. The molecule has 0 aliphatic heterocycles. The van der Waals surface area contributed by atoms with E-state index in [1.165, 1.54) is 18.5 Å². The lowest BCUT2D eigenvalue weighted by Crippen LogP contribution is -1.99. The van der Waals surface area contributed by atoms with Crippen LogP contribution in [-0.4, -0.2) is 10.1 Å². The topological polar surface area (TPSA) is 58.3 Å². The summed E-state index contributed by atoms with van der Waals surface area (Å²) in [5.74, 6) is 0.177. The number of hydrogen-bond acceptors (Lipinski definition) is 4. The minimum atomic E-state index is -0.451. The average molecular weight is 284 g/mol. The van der Waals surface area contributed by atoms with Crippen molar-refractivity contribution in [3.63, 3.8) is 0 Å². The summed E-state index contributed by atoms with van der Waals surface area (Å²) in [6, 6.07) is 11.6. The lowest BCUT2D eigenvalue weighted by molar-refractivity contribution is 0.468. The van der Waals surface area contributed by atoms with E-state index in [1.807, 2.05) is 24.3 Å². The van der Waals surface area contributed by atoms with Crippen molar-refractivity contribution in [3.8, 4) is 17.1 Å². The van der Waals surface area contributed by atoms with Crippen molar-refractivity contribution in [2.24, 2.45) is 0 Å². The number of aromatic nitrogens is 1. The number of phenolic OH excluding ortho intramolecular Hbond substituents is 1. The third kappa shape index (κ3) is 3.20. The minimum absolute atomic E-state index is 0.0764. The fourth-order valence-corrected chi connectivity index (χ4v) is 2.05. The van der Waals surface area contributed by atoms with Gasteiger partial charge in [-0.25, -0.2) is 9.37 Å². The Morgan fingerprint density at radius 1 is 1.14 bits per heavy atom. The normalized spacial score (nSPS) is 10.5. The maximum atomic E-state index is 13.2. The predicted octanol–water partition coefficient (Wildman–Crippen LogP) is 3.80. The molecule has 5 heteroatoms. The highest BCUT2D eigenvalue weighted by molar-refractivity contribution is 5.60. The van der Waals surface area contributed by atoms with E-state index in [0.29, 0.717) is 17.9 Å². The predicted molar refractivity (Wildman–Crippen MR) is 77.3 cm³/mol. The standard InChI is InChI=1S/C16H13FN2O2/c17-13-5-11(6-15(20)7-13)8-19-14-3-1-12(2-4-14)16-9-18-10-21-16/h1-7,9-10,19-20H,8H2. The van der Waals surface area contributed by atoms with Gasteiger partial charge in [-0.2, -0.15) is 0 Å². The zero-order chi connectivity index (χ0) is 14.7. The summed E-state index contributed by atoms with van der Waals surface area (Å²) >= 11 is 0. The molecule has 0 radical (unpaired) electrons. The van der Waals surface area contributed by atoms with Crippen LogP contribution in [0.4, 0.5) is 10.1 Å². The Balaban J connectivity index is 1.68. The van der Waals surface area contributed by atoms with Crippen LogP contribution in [0, 0.1) is 5.82 Å². The van der Waals surface area contributed by atoms with Crippen LogP contribution in [0.1, 0.15) is 5.56 Å². The van der Waals surface area contributed by atoms with Gasteiger partial charge in [-0.15, -0.1) is 0 Å². The van der Waals surface area contributed by atoms with E-state index in [4.69, 9.17) is 4.42 Å². The number of hydrogen-bond donors (Lipinski definition) is 2. The number of aromatic hydroxyl groups is 1. The van der Waals surface area contributed by atoms with E-state index >= 15 is 0 Å². The van der Waals surface area contributed by atoms with Crippen molar-refractivity contribution in [2.75, 3.05) is 5.32 Å². The van der Waals surface area contributed by atoms with E-state index in [9.17, 15) is 9.50 Å². The van der Waals surface area contributed by atoms with Crippen LogP contribution in [-0.2, 0) is 6.54 Å². The molecule has 0 amide bonds. The highest BCUT2D eigenvalue weighted by Gasteiger charge is 2.02. The van der Waals surface area contributed by atoms with Crippen LogP contribution in [0.3, 0.4) is 0 Å². The fraction of sp³-hybridized carbons (Fsp3) is 0.0625. The molecule has 1 aromatic heterocycles.